The molecule has 1 heterocycles. The van der Waals surface area contributed by atoms with E-state index in [1.165, 1.54) is 0 Å². The van der Waals surface area contributed by atoms with Crippen molar-refractivity contribution in [1.82, 2.24) is 4.90 Å². The van der Waals surface area contributed by atoms with Crippen molar-refractivity contribution in [3.63, 3.8) is 0 Å². The van der Waals surface area contributed by atoms with Crippen LogP contribution < -0.4 is 0 Å². The molecule has 0 N–H and O–H groups in total. The van der Waals surface area contributed by atoms with Crippen molar-refractivity contribution in [2.45, 2.75) is 11.3 Å². The average molecular weight is 269 g/mol. The Labute approximate surface area is 108 Å². The van der Waals surface area contributed by atoms with Gasteiger partial charge in [-0.25, -0.2) is 8.42 Å². The van der Waals surface area contributed by atoms with Crippen molar-refractivity contribution >= 4 is 9.84 Å². The predicted molar refractivity (Wildman–Crippen MR) is 70.4 cm³/mol. The van der Waals surface area contributed by atoms with Crippen LogP contribution in [0.2, 0.25) is 0 Å². The molecule has 1 aliphatic rings. The molecule has 1 aliphatic heterocycles. The third kappa shape index (κ3) is 3.80. The van der Waals surface area contributed by atoms with E-state index >= 15 is 0 Å². The van der Waals surface area contributed by atoms with Gasteiger partial charge in [-0.15, -0.1) is 0 Å². The maximum atomic E-state index is 12.0. The number of ether oxygens (including phenoxy) is 1. The third-order valence-electron chi connectivity index (χ3n) is 3.09. The zero-order valence-electron chi connectivity index (χ0n) is 10.4. The Bertz CT molecular complexity index is 452. The van der Waals surface area contributed by atoms with Gasteiger partial charge in [0.05, 0.1) is 23.9 Å². The van der Waals surface area contributed by atoms with E-state index in [2.05, 4.69) is 4.90 Å². The first kappa shape index (κ1) is 13.5. The second-order valence-electron chi connectivity index (χ2n) is 4.44. The minimum atomic E-state index is -3.12. The molecule has 0 bridgehead atoms. The summed E-state index contributed by atoms with van der Waals surface area (Å²) in [5, 5.41) is 0. The average Bonchev–Trinajstić information content (AvgIpc) is 2.41. The maximum Gasteiger partial charge on any atom is 0.178 e. The minimum absolute atomic E-state index is 0.217. The Kier molecular flexibility index (Phi) is 4.74. The van der Waals surface area contributed by atoms with Gasteiger partial charge < -0.3 is 4.74 Å². The van der Waals surface area contributed by atoms with Crippen LogP contribution in [0.15, 0.2) is 35.2 Å². The van der Waals surface area contributed by atoms with Crippen LogP contribution in [-0.2, 0) is 14.6 Å². The molecule has 0 radical (unpaired) electrons. The summed E-state index contributed by atoms with van der Waals surface area (Å²) in [7, 11) is -3.12. The molecule has 2 rings (SSSR count). The van der Waals surface area contributed by atoms with Crippen LogP contribution in [0.5, 0.6) is 0 Å². The second kappa shape index (κ2) is 6.31. The normalized spacial score (nSPS) is 17.8. The fraction of sp³-hybridized carbons (Fsp3) is 0.538. The summed E-state index contributed by atoms with van der Waals surface area (Å²) >= 11 is 0. The van der Waals surface area contributed by atoms with Crippen LogP contribution in [-0.4, -0.2) is 51.9 Å². The Hall–Kier alpha value is -0.910. The van der Waals surface area contributed by atoms with Crippen molar-refractivity contribution in [2.75, 3.05) is 38.6 Å². The summed E-state index contributed by atoms with van der Waals surface area (Å²) in [5.41, 5.74) is 0. The highest BCUT2D eigenvalue weighted by Crippen LogP contribution is 2.11. The molecule has 0 spiro atoms. The Morgan fingerprint density at radius 3 is 2.44 bits per heavy atom. The zero-order chi connectivity index (χ0) is 12.8. The van der Waals surface area contributed by atoms with E-state index in [4.69, 9.17) is 4.74 Å². The summed E-state index contributed by atoms with van der Waals surface area (Å²) in [6.45, 7) is 4.16. The monoisotopic (exact) mass is 269 g/mol. The fourth-order valence-corrected chi connectivity index (χ4v) is 3.37. The molecule has 0 aromatic heterocycles. The lowest BCUT2D eigenvalue weighted by Crippen LogP contribution is -2.37. The second-order valence-corrected chi connectivity index (χ2v) is 6.55. The van der Waals surface area contributed by atoms with Crippen molar-refractivity contribution in [2.24, 2.45) is 0 Å². The molecule has 1 aromatic rings. The molecule has 0 saturated carbocycles. The van der Waals surface area contributed by atoms with Crippen molar-refractivity contribution in [3.8, 4) is 0 Å². The quantitative estimate of drug-likeness (QED) is 0.805. The molecular formula is C13H19NO3S. The van der Waals surface area contributed by atoms with Crippen LogP contribution in [0.25, 0.3) is 0 Å². The van der Waals surface area contributed by atoms with Gasteiger partial charge in [-0.3, -0.25) is 4.90 Å². The number of nitrogens with zero attached hydrogens (tertiary/aromatic N) is 1. The van der Waals surface area contributed by atoms with Crippen LogP contribution >= 0.6 is 0 Å². The first-order chi connectivity index (χ1) is 8.68. The molecule has 0 amide bonds. The number of sulfone groups is 1. The van der Waals surface area contributed by atoms with Gasteiger partial charge in [-0.2, -0.15) is 0 Å². The zero-order valence-corrected chi connectivity index (χ0v) is 11.2. The fourth-order valence-electron chi connectivity index (χ4n) is 2.05. The minimum Gasteiger partial charge on any atom is -0.379 e. The highest BCUT2D eigenvalue weighted by atomic mass is 32.2. The van der Waals surface area contributed by atoms with Gasteiger partial charge in [0.2, 0.25) is 0 Å². The summed E-state index contributed by atoms with van der Waals surface area (Å²) < 4.78 is 29.3. The van der Waals surface area contributed by atoms with Gasteiger partial charge in [0.15, 0.2) is 9.84 Å². The molecule has 0 aliphatic carbocycles. The molecule has 1 saturated heterocycles. The molecule has 18 heavy (non-hydrogen) atoms. The van der Waals surface area contributed by atoms with Gasteiger partial charge in [0, 0.05) is 13.1 Å². The number of hydrogen-bond acceptors (Lipinski definition) is 4. The Balaban J connectivity index is 1.82. The van der Waals surface area contributed by atoms with Crippen LogP contribution in [0, 0.1) is 0 Å². The standard InChI is InChI=1S/C13H19NO3S/c15-18(16,13-5-2-1-3-6-13)12-4-7-14-8-10-17-11-9-14/h1-3,5-6H,4,7-12H2. The van der Waals surface area contributed by atoms with E-state index in [0.717, 1.165) is 32.8 Å². The summed E-state index contributed by atoms with van der Waals surface area (Å²) in [4.78, 5) is 2.68. The summed E-state index contributed by atoms with van der Waals surface area (Å²) in [6.07, 6.45) is 0.678. The van der Waals surface area contributed by atoms with Crippen LogP contribution in [0.1, 0.15) is 6.42 Å². The van der Waals surface area contributed by atoms with Gasteiger partial charge in [-0.05, 0) is 25.1 Å². The number of rotatable bonds is 5. The molecule has 0 atom stereocenters. The Morgan fingerprint density at radius 2 is 1.78 bits per heavy atom. The van der Waals surface area contributed by atoms with E-state index in [-0.39, 0.29) is 5.75 Å². The topological polar surface area (TPSA) is 46.6 Å². The number of hydrogen-bond donors (Lipinski definition) is 0. The first-order valence-corrected chi connectivity index (χ1v) is 7.92. The van der Waals surface area contributed by atoms with Crippen molar-refractivity contribution in [3.05, 3.63) is 30.3 Å². The van der Waals surface area contributed by atoms with Crippen molar-refractivity contribution in [1.29, 1.82) is 0 Å². The van der Waals surface area contributed by atoms with Gasteiger partial charge in [-0.1, -0.05) is 18.2 Å². The molecule has 5 heteroatoms. The smallest absolute Gasteiger partial charge is 0.178 e. The van der Waals surface area contributed by atoms with Crippen LogP contribution in [0.3, 0.4) is 0 Å². The SMILES string of the molecule is O=S(=O)(CCCN1CCOCC1)c1ccccc1. The third-order valence-corrected chi connectivity index (χ3v) is 4.91. The molecule has 1 aromatic carbocycles. The van der Waals surface area contributed by atoms with E-state index < -0.39 is 9.84 Å². The highest BCUT2D eigenvalue weighted by Gasteiger charge is 2.15. The van der Waals surface area contributed by atoms with Gasteiger partial charge >= 0.3 is 0 Å². The Morgan fingerprint density at radius 1 is 1.11 bits per heavy atom. The van der Waals surface area contributed by atoms with Crippen LogP contribution in [0.4, 0.5) is 0 Å². The first-order valence-electron chi connectivity index (χ1n) is 6.26. The number of morpholine rings is 1. The molecule has 0 unspecified atom stereocenters. The van der Waals surface area contributed by atoms with E-state index in [1.807, 2.05) is 6.07 Å². The van der Waals surface area contributed by atoms with E-state index in [1.54, 1.807) is 24.3 Å². The van der Waals surface area contributed by atoms with Gasteiger partial charge in [0.25, 0.3) is 0 Å². The molecule has 4 nitrogen and oxygen atoms in total. The van der Waals surface area contributed by atoms with Gasteiger partial charge in [0.1, 0.15) is 0 Å². The largest absolute Gasteiger partial charge is 0.379 e. The van der Waals surface area contributed by atoms with E-state index in [0.29, 0.717) is 11.3 Å². The lowest BCUT2D eigenvalue weighted by molar-refractivity contribution is 0.0381. The predicted octanol–water partition coefficient (Wildman–Crippen LogP) is 1.18. The molecule has 1 fully saturated rings. The molecule has 100 valence electrons. The van der Waals surface area contributed by atoms with E-state index in [9.17, 15) is 8.42 Å². The highest BCUT2D eigenvalue weighted by molar-refractivity contribution is 7.91. The summed E-state index contributed by atoms with van der Waals surface area (Å²) in [6, 6.07) is 8.66. The lowest BCUT2D eigenvalue weighted by atomic mass is 10.3. The molecular weight excluding hydrogens is 250 g/mol. The lowest BCUT2D eigenvalue weighted by Gasteiger charge is -2.26. The summed E-state index contributed by atoms with van der Waals surface area (Å²) in [5.74, 6) is 0.217. The van der Waals surface area contributed by atoms with Crippen molar-refractivity contribution < 1.29 is 13.2 Å². The maximum absolute atomic E-state index is 12.0. The number of benzene rings is 1.